The van der Waals surface area contributed by atoms with E-state index < -0.39 is 12.1 Å². The average Bonchev–Trinajstić information content (AvgIpc) is 3.13. The Morgan fingerprint density at radius 1 is 0.970 bits per heavy atom. The lowest BCUT2D eigenvalue weighted by Gasteiger charge is -2.19. The van der Waals surface area contributed by atoms with E-state index in [9.17, 15) is 14.4 Å². The Morgan fingerprint density at radius 2 is 1.61 bits per heavy atom. The molecule has 1 aliphatic rings. The molecule has 2 aromatic rings. The summed E-state index contributed by atoms with van der Waals surface area (Å²) >= 11 is 0. The van der Waals surface area contributed by atoms with Crippen LogP contribution in [-0.2, 0) is 14.3 Å². The second kappa shape index (κ2) is 12.0. The van der Waals surface area contributed by atoms with E-state index in [-0.39, 0.29) is 37.3 Å². The molecule has 3 rings (SSSR count). The predicted molar refractivity (Wildman–Crippen MR) is 126 cm³/mol. The highest BCUT2D eigenvalue weighted by Gasteiger charge is 2.29. The van der Waals surface area contributed by atoms with Crippen LogP contribution in [-0.4, -0.2) is 42.3 Å². The largest absolute Gasteiger partial charge is 0.481 e. The van der Waals surface area contributed by atoms with Crippen molar-refractivity contribution >= 4 is 18.0 Å². The first kappa shape index (κ1) is 24.3. The molecule has 1 aliphatic carbocycles. The SMILES string of the molecule is CC[C@@H](CC(=O)NCCCCCC(=O)O)NC(=O)OCC1c2ccccc2-c2ccccc21. The molecule has 176 valence electrons. The van der Waals surface area contributed by atoms with Crippen LogP contribution in [0, 0.1) is 0 Å². The van der Waals surface area contributed by atoms with Crippen molar-refractivity contribution in [3.63, 3.8) is 0 Å². The minimum absolute atomic E-state index is 0.00680. The number of carbonyl (C=O) groups excluding carboxylic acids is 2. The number of alkyl carbamates (subject to hydrolysis) is 1. The number of carboxylic acids is 1. The first-order chi connectivity index (χ1) is 16.0. The molecule has 0 saturated carbocycles. The second-order valence-corrected chi connectivity index (χ2v) is 8.33. The summed E-state index contributed by atoms with van der Waals surface area (Å²) in [6.07, 6.45) is 2.50. The maximum absolute atomic E-state index is 12.4. The van der Waals surface area contributed by atoms with E-state index in [4.69, 9.17) is 9.84 Å². The third-order valence-electron chi connectivity index (χ3n) is 5.98. The van der Waals surface area contributed by atoms with Crippen LogP contribution >= 0.6 is 0 Å². The molecule has 1 atom stereocenters. The van der Waals surface area contributed by atoms with Crippen LogP contribution in [0.25, 0.3) is 11.1 Å². The van der Waals surface area contributed by atoms with Crippen LogP contribution in [0.5, 0.6) is 0 Å². The number of hydrogen-bond acceptors (Lipinski definition) is 4. The van der Waals surface area contributed by atoms with Gasteiger partial charge < -0.3 is 20.5 Å². The minimum atomic E-state index is -0.802. The minimum Gasteiger partial charge on any atom is -0.481 e. The monoisotopic (exact) mass is 452 g/mol. The average molecular weight is 453 g/mol. The van der Waals surface area contributed by atoms with Gasteiger partial charge in [-0.1, -0.05) is 61.9 Å². The number of carboxylic acid groups (broad SMARTS) is 1. The lowest BCUT2D eigenvalue weighted by molar-refractivity contribution is -0.137. The number of unbranched alkanes of at least 4 members (excludes halogenated alkanes) is 2. The standard InChI is InChI=1S/C26H32N2O5/c1-2-18(16-24(29)27-15-9-3-4-14-25(30)31)28-26(32)33-17-23-21-12-7-5-10-19(21)20-11-6-8-13-22(20)23/h5-8,10-13,18,23H,2-4,9,14-17H2,1H3,(H,27,29)(H,28,32)(H,30,31)/t18-/m0/s1. The van der Waals surface area contributed by atoms with Crippen molar-refractivity contribution < 1.29 is 24.2 Å². The zero-order valence-electron chi connectivity index (χ0n) is 19.0. The number of ether oxygens (including phenoxy) is 1. The van der Waals surface area contributed by atoms with Crippen molar-refractivity contribution in [2.45, 2.75) is 57.4 Å². The summed E-state index contributed by atoms with van der Waals surface area (Å²) in [5.41, 5.74) is 4.66. The Kier molecular flexibility index (Phi) is 8.87. The van der Waals surface area contributed by atoms with Gasteiger partial charge in [-0.15, -0.1) is 0 Å². The highest BCUT2D eigenvalue weighted by Crippen LogP contribution is 2.44. The van der Waals surface area contributed by atoms with Gasteiger partial charge >= 0.3 is 12.1 Å². The second-order valence-electron chi connectivity index (χ2n) is 8.33. The van der Waals surface area contributed by atoms with Crippen molar-refractivity contribution in [2.75, 3.05) is 13.2 Å². The third-order valence-corrected chi connectivity index (χ3v) is 5.98. The fourth-order valence-electron chi connectivity index (χ4n) is 4.21. The molecule has 0 aliphatic heterocycles. The third kappa shape index (κ3) is 6.81. The van der Waals surface area contributed by atoms with Crippen LogP contribution in [0.15, 0.2) is 48.5 Å². The zero-order valence-corrected chi connectivity index (χ0v) is 19.0. The molecule has 0 spiro atoms. The summed E-state index contributed by atoms with van der Waals surface area (Å²) in [4.78, 5) is 35.1. The van der Waals surface area contributed by atoms with Gasteiger partial charge in [-0.2, -0.15) is 0 Å². The van der Waals surface area contributed by atoms with E-state index >= 15 is 0 Å². The number of nitrogens with one attached hydrogen (secondary N) is 2. The van der Waals surface area contributed by atoms with Crippen molar-refractivity contribution in [1.82, 2.24) is 10.6 Å². The van der Waals surface area contributed by atoms with Gasteiger partial charge in [0.25, 0.3) is 0 Å². The van der Waals surface area contributed by atoms with E-state index in [2.05, 4.69) is 34.9 Å². The molecule has 0 heterocycles. The van der Waals surface area contributed by atoms with Crippen LogP contribution in [0.1, 0.15) is 62.5 Å². The Hall–Kier alpha value is -3.35. The molecule has 0 radical (unpaired) electrons. The summed E-state index contributed by atoms with van der Waals surface area (Å²) in [5.74, 6) is -0.948. The van der Waals surface area contributed by atoms with Crippen LogP contribution < -0.4 is 10.6 Å². The predicted octanol–water partition coefficient (Wildman–Crippen LogP) is 4.46. The van der Waals surface area contributed by atoms with E-state index in [0.717, 1.165) is 24.0 Å². The van der Waals surface area contributed by atoms with E-state index in [1.165, 1.54) is 11.1 Å². The van der Waals surface area contributed by atoms with Gasteiger partial charge in [0.15, 0.2) is 0 Å². The van der Waals surface area contributed by atoms with Crippen molar-refractivity contribution in [1.29, 1.82) is 0 Å². The molecule has 33 heavy (non-hydrogen) atoms. The van der Waals surface area contributed by atoms with Crippen molar-refractivity contribution in [3.8, 4) is 11.1 Å². The summed E-state index contributed by atoms with van der Waals surface area (Å²) in [6.45, 7) is 2.65. The van der Waals surface area contributed by atoms with E-state index in [1.54, 1.807) is 0 Å². The molecule has 7 nitrogen and oxygen atoms in total. The smallest absolute Gasteiger partial charge is 0.407 e. The molecule has 0 aromatic heterocycles. The van der Waals surface area contributed by atoms with Crippen LogP contribution in [0.2, 0.25) is 0 Å². The fraction of sp³-hybridized carbons (Fsp3) is 0.423. The van der Waals surface area contributed by atoms with Gasteiger partial charge in [-0.05, 0) is 41.5 Å². The van der Waals surface area contributed by atoms with Gasteiger partial charge in [0, 0.05) is 31.3 Å². The van der Waals surface area contributed by atoms with Gasteiger partial charge in [0.1, 0.15) is 6.61 Å². The topological polar surface area (TPSA) is 105 Å². The lowest BCUT2D eigenvalue weighted by Crippen LogP contribution is -2.39. The quantitative estimate of drug-likeness (QED) is 0.413. The molecule has 3 N–H and O–H groups in total. The first-order valence-electron chi connectivity index (χ1n) is 11.6. The first-order valence-corrected chi connectivity index (χ1v) is 11.6. The van der Waals surface area contributed by atoms with E-state index in [0.29, 0.717) is 19.4 Å². The summed E-state index contributed by atoms with van der Waals surface area (Å²) in [6, 6.07) is 16.0. The number of fused-ring (bicyclic) bond motifs is 3. The zero-order chi connectivity index (χ0) is 23.6. The number of carbonyl (C=O) groups is 3. The Labute approximate surface area is 194 Å². The van der Waals surface area contributed by atoms with Gasteiger partial charge in [0.05, 0.1) is 0 Å². The number of aliphatic carboxylic acids is 1. The molecule has 7 heteroatoms. The number of amides is 2. The Morgan fingerprint density at radius 3 is 2.21 bits per heavy atom. The molecule has 2 amide bonds. The molecule has 0 unspecified atom stereocenters. The molecular formula is C26H32N2O5. The fourth-order valence-corrected chi connectivity index (χ4v) is 4.21. The number of hydrogen-bond donors (Lipinski definition) is 3. The van der Waals surface area contributed by atoms with Gasteiger partial charge in [-0.3, -0.25) is 9.59 Å². The van der Waals surface area contributed by atoms with Crippen LogP contribution in [0.3, 0.4) is 0 Å². The van der Waals surface area contributed by atoms with Gasteiger partial charge in [0.2, 0.25) is 5.91 Å². The maximum atomic E-state index is 12.4. The summed E-state index contributed by atoms with van der Waals surface area (Å²) < 4.78 is 5.57. The molecule has 0 bridgehead atoms. The highest BCUT2D eigenvalue weighted by molar-refractivity contribution is 5.79. The summed E-state index contributed by atoms with van der Waals surface area (Å²) in [5, 5.41) is 14.3. The molecular weight excluding hydrogens is 420 g/mol. The Balaban J connectivity index is 1.43. The van der Waals surface area contributed by atoms with Crippen molar-refractivity contribution in [3.05, 3.63) is 59.7 Å². The molecule has 2 aromatic carbocycles. The molecule has 0 fully saturated rings. The Bertz CT molecular complexity index is 929. The lowest BCUT2D eigenvalue weighted by atomic mass is 9.98. The normalized spacial score (nSPS) is 13.0. The van der Waals surface area contributed by atoms with E-state index in [1.807, 2.05) is 31.2 Å². The van der Waals surface area contributed by atoms with Crippen LogP contribution in [0.4, 0.5) is 4.79 Å². The maximum Gasteiger partial charge on any atom is 0.407 e. The number of benzene rings is 2. The van der Waals surface area contributed by atoms with Crippen molar-refractivity contribution in [2.24, 2.45) is 0 Å². The molecule has 0 saturated heterocycles. The van der Waals surface area contributed by atoms with Gasteiger partial charge in [-0.25, -0.2) is 4.79 Å². The number of rotatable bonds is 12. The summed E-state index contributed by atoms with van der Waals surface area (Å²) in [7, 11) is 0. The highest BCUT2D eigenvalue weighted by atomic mass is 16.5.